The Bertz CT molecular complexity index is 666. The molecule has 3 N–H and O–H groups in total. The number of hydrogen-bond donors (Lipinski definition) is 2. The van der Waals surface area contributed by atoms with Crippen LogP contribution in [0.15, 0.2) is 24.4 Å². The molecule has 0 bridgehead atoms. The Kier molecular flexibility index (Phi) is 7.54. The summed E-state index contributed by atoms with van der Waals surface area (Å²) in [6, 6.07) is 3.22. The molecule has 0 aliphatic carbocycles. The first-order valence-corrected chi connectivity index (χ1v) is 7.76. The smallest absolute Gasteiger partial charge is 0.243 e. The summed E-state index contributed by atoms with van der Waals surface area (Å²) in [5, 5.41) is 3.12. The fraction of sp³-hybridized carbons (Fsp3) is 0.333. The Labute approximate surface area is 143 Å². The molecule has 126 valence electrons. The number of halogens is 3. The maximum absolute atomic E-state index is 13.2. The minimum atomic E-state index is -0.874. The van der Waals surface area contributed by atoms with Gasteiger partial charge in [0.2, 0.25) is 5.91 Å². The molecule has 0 spiro atoms. The normalized spacial score (nSPS) is 11.7. The molecule has 1 heterocycles. The molecule has 2 rings (SSSR count). The quantitative estimate of drug-likeness (QED) is 0.827. The Balaban J connectivity index is 0.00000264. The minimum Gasteiger partial charge on any atom is -0.320 e. The summed E-state index contributed by atoms with van der Waals surface area (Å²) in [4.78, 5) is 16.7. The van der Waals surface area contributed by atoms with E-state index in [4.69, 9.17) is 5.73 Å². The molecule has 0 fully saturated rings. The standard InChI is InChI=1S/C15H17F2N3OS.ClH/c1-2-3-13(18)14(21)20-15-19-8-10(22-15)6-9-4-5-11(16)12(17)7-9;/h4-5,7-8,13H,2-3,6,18H2,1H3,(H,19,20,21);1H. The number of carbonyl (C=O) groups excluding carboxylic acids is 1. The predicted octanol–water partition coefficient (Wildman–Crippen LogP) is 3.50. The summed E-state index contributed by atoms with van der Waals surface area (Å²) in [6.07, 6.45) is 3.46. The maximum atomic E-state index is 13.2. The SMILES string of the molecule is CCCC(N)C(=O)Nc1ncc(Cc2ccc(F)c(F)c2)s1.Cl. The number of hydrogen-bond acceptors (Lipinski definition) is 4. The van der Waals surface area contributed by atoms with E-state index in [1.54, 1.807) is 6.20 Å². The molecule has 0 aliphatic rings. The van der Waals surface area contributed by atoms with Crippen molar-refractivity contribution < 1.29 is 13.6 Å². The monoisotopic (exact) mass is 361 g/mol. The van der Waals surface area contributed by atoms with E-state index in [9.17, 15) is 13.6 Å². The molecule has 23 heavy (non-hydrogen) atoms. The number of benzene rings is 1. The van der Waals surface area contributed by atoms with Crippen molar-refractivity contribution >= 4 is 34.8 Å². The van der Waals surface area contributed by atoms with Crippen molar-refractivity contribution in [1.82, 2.24) is 4.98 Å². The molecule has 0 radical (unpaired) electrons. The summed E-state index contributed by atoms with van der Waals surface area (Å²) in [7, 11) is 0. The van der Waals surface area contributed by atoms with Crippen molar-refractivity contribution in [2.75, 3.05) is 5.32 Å². The first kappa shape index (κ1) is 19.5. The van der Waals surface area contributed by atoms with Crippen molar-refractivity contribution in [2.45, 2.75) is 32.2 Å². The van der Waals surface area contributed by atoms with Crippen LogP contribution in [0.3, 0.4) is 0 Å². The maximum Gasteiger partial charge on any atom is 0.243 e. The lowest BCUT2D eigenvalue weighted by Crippen LogP contribution is -2.35. The molecule has 4 nitrogen and oxygen atoms in total. The first-order chi connectivity index (χ1) is 10.5. The van der Waals surface area contributed by atoms with Crippen molar-refractivity contribution in [3.8, 4) is 0 Å². The van der Waals surface area contributed by atoms with E-state index in [2.05, 4.69) is 10.3 Å². The molecule has 0 saturated heterocycles. The van der Waals surface area contributed by atoms with Crippen molar-refractivity contribution in [3.05, 3.63) is 46.5 Å². The van der Waals surface area contributed by atoms with Gasteiger partial charge in [-0.05, 0) is 24.1 Å². The Morgan fingerprint density at radius 2 is 2.13 bits per heavy atom. The topological polar surface area (TPSA) is 68.0 Å². The number of nitrogens with zero attached hydrogens (tertiary/aromatic N) is 1. The highest BCUT2D eigenvalue weighted by Gasteiger charge is 2.14. The van der Waals surface area contributed by atoms with Gasteiger partial charge in [0.25, 0.3) is 0 Å². The van der Waals surface area contributed by atoms with Crippen molar-refractivity contribution in [2.24, 2.45) is 5.73 Å². The predicted molar refractivity (Wildman–Crippen MR) is 90.0 cm³/mol. The molecule has 2 aromatic rings. The van der Waals surface area contributed by atoms with E-state index in [-0.39, 0.29) is 18.3 Å². The molecule has 0 saturated carbocycles. The number of nitrogens with two attached hydrogens (primary N) is 1. The second-order valence-corrected chi connectivity index (χ2v) is 6.06. The minimum absolute atomic E-state index is 0. The van der Waals surface area contributed by atoms with Crippen LogP contribution in [0.2, 0.25) is 0 Å². The van der Waals surface area contributed by atoms with Crippen LogP contribution < -0.4 is 11.1 Å². The zero-order valence-electron chi connectivity index (χ0n) is 12.5. The first-order valence-electron chi connectivity index (χ1n) is 6.94. The third-order valence-corrected chi connectivity index (χ3v) is 4.00. The van der Waals surface area contributed by atoms with Crippen LogP contribution in [-0.4, -0.2) is 16.9 Å². The number of aromatic nitrogens is 1. The molecular weight excluding hydrogens is 344 g/mol. The number of thiazole rings is 1. The van der Waals surface area contributed by atoms with Gasteiger partial charge < -0.3 is 11.1 Å². The van der Waals surface area contributed by atoms with Crippen LogP contribution in [0.1, 0.15) is 30.2 Å². The largest absolute Gasteiger partial charge is 0.320 e. The highest BCUT2D eigenvalue weighted by molar-refractivity contribution is 7.15. The summed E-state index contributed by atoms with van der Waals surface area (Å²) in [5.74, 6) is -2.01. The fourth-order valence-electron chi connectivity index (χ4n) is 1.94. The summed E-state index contributed by atoms with van der Waals surface area (Å²) < 4.78 is 26.0. The lowest BCUT2D eigenvalue weighted by atomic mass is 10.1. The van der Waals surface area contributed by atoms with Crippen LogP contribution in [0.25, 0.3) is 0 Å². The van der Waals surface area contributed by atoms with Gasteiger partial charge in [-0.2, -0.15) is 0 Å². The highest BCUT2D eigenvalue weighted by atomic mass is 35.5. The van der Waals surface area contributed by atoms with Crippen LogP contribution in [0, 0.1) is 11.6 Å². The average Bonchev–Trinajstić information content (AvgIpc) is 2.90. The van der Waals surface area contributed by atoms with Gasteiger partial charge >= 0.3 is 0 Å². The van der Waals surface area contributed by atoms with Crippen molar-refractivity contribution in [3.63, 3.8) is 0 Å². The van der Waals surface area contributed by atoms with Gasteiger partial charge in [-0.1, -0.05) is 19.4 Å². The molecular formula is C15H18ClF2N3OS. The Hall–Kier alpha value is -1.57. The third-order valence-electron chi connectivity index (χ3n) is 3.08. The molecule has 0 aliphatic heterocycles. The van der Waals surface area contributed by atoms with E-state index < -0.39 is 17.7 Å². The molecule has 1 amide bonds. The number of amides is 1. The number of carbonyl (C=O) groups is 1. The van der Waals surface area contributed by atoms with Gasteiger partial charge in [-0.15, -0.1) is 23.7 Å². The van der Waals surface area contributed by atoms with Gasteiger partial charge in [0.1, 0.15) is 0 Å². The molecule has 1 unspecified atom stereocenters. The van der Waals surface area contributed by atoms with Gasteiger partial charge in [0.05, 0.1) is 6.04 Å². The summed E-state index contributed by atoms with van der Waals surface area (Å²) >= 11 is 1.29. The highest BCUT2D eigenvalue weighted by Crippen LogP contribution is 2.22. The van der Waals surface area contributed by atoms with Gasteiger partial charge in [0, 0.05) is 17.5 Å². The molecule has 1 aromatic heterocycles. The number of anilines is 1. The number of nitrogens with one attached hydrogen (secondary N) is 1. The third kappa shape index (κ3) is 5.53. The lowest BCUT2D eigenvalue weighted by molar-refractivity contribution is -0.117. The molecule has 1 atom stereocenters. The van der Waals surface area contributed by atoms with E-state index in [0.717, 1.165) is 23.4 Å². The average molecular weight is 362 g/mol. The fourth-order valence-corrected chi connectivity index (χ4v) is 2.79. The van der Waals surface area contributed by atoms with E-state index in [0.29, 0.717) is 23.5 Å². The molecule has 8 heteroatoms. The lowest BCUT2D eigenvalue weighted by Gasteiger charge is -2.08. The van der Waals surface area contributed by atoms with E-state index in [1.807, 2.05) is 6.92 Å². The molecule has 1 aromatic carbocycles. The number of rotatable bonds is 6. The van der Waals surface area contributed by atoms with Crippen LogP contribution in [0.5, 0.6) is 0 Å². The summed E-state index contributed by atoms with van der Waals surface area (Å²) in [5.41, 5.74) is 6.37. The second-order valence-electron chi connectivity index (χ2n) is 4.94. The van der Waals surface area contributed by atoms with Crippen LogP contribution in [-0.2, 0) is 11.2 Å². The zero-order valence-corrected chi connectivity index (χ0v) is 14.1. The Morgan fingerprint density at radius 1 is 1.39 bits per heavy atom. The zero-order chi connectivity index (χ0) is 16.1. The van der Waals surface area contributed by atoms with E-state index >= 15 is 0 Å². The van der Waals surface area contributed by atoms with Gasteiger partial charge in [0.15, 0.2) is 16.8 Å². The van der Waals surface area contributed by atoms with Crippen LogP contribution >= 0.6 is 23.7 Å². The van der Waals surface area contributed by atoms with Gasteiger partial charge in [-0.3, -0.25) is 4.79 Å². The van der Waals surface area contributed by atoms with Gasteiger partial charge in [-0.25, -0.2) is 13.8 Å². The van der Waals surface area contributed by atoms with E-state index in [1.165, 1.54) is 17.4 Å². The van der Waals surface area contributed by atoms with Crippen molar-refractivity contribution in [1.29, 1.82) is 0 Å². The van der Waals surface area contributed by atoms with Crippen LogP contribution in [0.4, 0.5) is 13.9 Å². The Morgan fingerprint density at radius 3 is 2.78 bits per heavy atom. The summed E-state index contributed by atoms with van der Waals surface area (Å²) in [6.45, 7) is 1.95. The second kappa shape index (κ2) is 8.90.